The summed E-state index contributed by atoms with van der Waals surface area (Å²) in [6.07, 6.45) is -2.21. The van der Waals surface area contributed by atoms with Crippen molar-refractivity contribution in [3.8, 4) is 0 Å². The van der Waals surface area contributed by atoms with Crippen LogP contribution < -0.4 is 5.73 Å². The highest BCUT2D eigenvalue weighted by Crippen LogP contribution is 2.18. The van der Waals surface area contributed by atoms with Gasteiger partial charge in [-0.05, 0) is 0 Å². The molecule has 0 spiro atoms. The molecule has 0 aliphatic rings. The molecule has 50 valence electrons. The van der Waals surface area contributed by atoms with Gasteiger partial charge in [0.2, 0.25) is 0 Å². The molecule has 0 bridgehead atoms. The van der Waals surface area contributed by atoms with Crippen molar-refractivity contribution < 1.29 is 13.2 Å². The van der Waals surface area contributed by atoms with E-state index in [1.165, 1.54) is 0 Å². The van der Waals surface area contributed by atoms with Gasteiger partial charge >= 0.3 is 0 Å². The van der Waals surface area contributed by atoms with Gasteiger partial charge < -0.3 is 5.73 Å². The van der Waals surface area contributed by atoms with Crippen LogP contribution in [0.2, 0.25) is 0 Å². The molecule has 0 aromatic heterocycles. The first-order chi connectivity index (χ1) is 3.48. The zero-order valence-electron chi connectivity index (χ0n) is 4.50. The van der Waals surface area contributed by atoms with Crippen LogP contribution in [0.5, 0.6) is 0 Å². The first-order valence-electron chi connectivity index (χ1n) is 2.20. The second kappa shape index (κ2) is 2.35. The maximum Gasteiger partial charge on any atom is 0.277 e. The zero-order chi connectivity index (χ0) is 6.78. The molecule has 0 radical (unpaired) electrons. The lowest BCUT2D eigenvalue weighted by atomic mass is 10.2. The Hall–Kier alpha value is -0.250. The van der Waals surface area contributed by atoms with E-state index in [9.17, 15) is 13.2 Å². The smallest absolute Gasteiger partial charge is 0.277 e. The number of halogens is 3. The Balaban J connectivity index is 3.62. The Morgan fingerprint density at radius 2 is 2.00 bits per heavy atom. The van der Waals surface area contributed by atoms with Gasteiger partial charge in [0.1, 0.15) is 0 Å². The molecular formula is C4H8F3N. The highest BCUT2D eigenvalue weighted by molar-refractivity contribution is 4.70. The van der Waals surface area contributed by atoms with Gasteiger partial charge in [-0.15, -0.1) is 0 Å². The second-order valence-corrected chi connectivity index (χ2v) is 1.66. The normalized spacial score (nSPS) is 16.1. The highest BCUT2D eigenvalue weighted by Gasteiger charge is 2.32. The Kier molecular flexibility index (Phi) is 2.27. The molecule has 2 N–H and O–H groups in total. The summed E-state index contributed by atoms with van der Waals surface area (Å²) in [5.41, 5.74) is 4.60. The van der Waals surface area contributed by atoms with Crippen molar-refractivity contribution in [3.63, 3.8) is 0 Å². The molecule has 0 saturated carbocycles. The first kappa shape index (κ1) is 7.75. The lowest BCUT2D eigenvalue weighted by Crippen LogP contribution is -2.32. The molecule has 0 amide bonds. The summed E-state index contributed by atoms with van der Waals surface area (Å²) in [6.45, 7) is -0.117. The van der Waals surface area contributed by atoms with Gasteiger partial charge in [-0.2, -0.15) is 0 Å². The Morgan fingerprint density at radius 3 is 2.00 bits per heavy atom. The molecular weight excluding hydrogens is 119 g/mol. The molecule has 0 fully saturated rings. The summed E-state index contributed by atoms with van der Waals surface area (Å²) in [4.78, 5) is 0. The Labute approximate surface area is 45.7 Å². The van der Waals surface area contributed by atoms with E-state index in [4.69, 9.17) is 0 Å². The van der Waals surface area contributed by atoms with Crippen molar-refractivity contribution >= 4 is 0 Å². The third kappa shape index (κ3) is 2.16. The molecule has 1 nitrogen and oxygen atoms in total. The quantitative estimate of drug-likeness (QED) is 0.586. The minimum Gasteiger partial charge on any atom is -0.328 e. The van der Waals surface area contributed by atoms with Gasteiger partial charge in [-0.25, -0.2) is 13.2 Å². The third-order valence-electron chi connectivity index (χ3n) is 0.757. The largest absolute Gasteiger partial charge is 0.328 e. The summed E-state index contributed by atoms with van der Waals surface area (Å²) in [5.74, 6) is -3.28. The lowest BCUT2D eigenvalue weighted by molar-refractivity contribution is -0.0506. The van der Waals surface area contributed by atoms with E-state index in [-0.39, 0.29) is 0 Å². The molecule has 0 aromatic carbocycles. The summed E-state index contributed by atoms with van der Waals surface area (Å²) in [6, 6.07) is 0. The van der Waals surface area contributed by atoms with Crippen molar-refractivity contribution in [2.24, 2.45) is 5.73 Å². The monoisotopic (exact) mass is 127 g/mol. The average molecular weight is 127 g/mol. The maximum absolute atomic E-state index is 11.8. The highest BCUT2D eigenvalue weighted by atomic mass is 19.3. The Morgan fingerprint density at radius 1 is 1.62 bits per heavy atom. The van der Waals surface area contributed by atoms with Gasteiger partial charge in [0.25, 0.3) is 5.92 Å². The number of alkyl halides is 3. The van der Waals surface area contributed by atoms with Crippen LogP contribution in [-0.4, -0.2) is 18.6 Å². The van der Waals surface area contributed by atoms with Crippen LogP contribution in [-0.2, 0) is 0 Å². The topological polar surface area (TPSA) is 26.0 Å². The van der Waals surface area contributed by atoms with Crippen molar-refractivity contribution in [2.45, 2.75) is 19.0 Å². The minimum absolute atomic E-state index is 0.504. The van der Waals surface area contributed by atoms with Crippen LogP contribution in [0, 0.1) is 0 Å². The summed E-state index contributed by atoms with van der Waals surface area (Å²) >= 11 is 0. The fraction of sp³-hybridized carbons (Fsp3) is 1.00. The van der Waals surface area contributed by atoms with Crippen molar-refractivity contribution in [3.05, 3.63) is 0 Å². The molecule has 0 rings (SSSR count). The van der Waals surface area contributed by atoms with E-state index >= 15 is 0 Å². The van der Waals surface area contributed by atoms with Crippen LogP contribution in [0.4, 0.5) is 13.2 Å². The predicted molar refractivity (Wildman–Crippen MR) is 24.6 cm³/mol. The molecule has 1 unspecified atom stereocenters. The lowest BCUT2D eigenvalue weighted by Gasteiger charge is -2.12. The molecule has 0 heterocycles. The summed E-state index contributed by atoms with van der Waals surface area (Å²) in [5, 5.41) is 0. The maximum atomic E-state index is 11.8. The molecule has 4 heteroatoms. The number of nitrogens with two attached hydrogens (primary N) is 1. The van der Waals surface area contributed by atoms with Crippen LogP contribution in [0.15, 0.2) is 0 Å². The van der Waals surface area contributed by atoms with E-state index in [1.54, 1.807) is 0 Å². The number of hydrogen-bond acceptors (Lipinski definition) is 1. The van der Waals surface area contributed by atoms with E-state index in [2.05, 4.69) is 5.73 Å². The molecule has 8 heavy (non-hydrogen) atoms. The van der Waals surface area contributed by atoms with E-state index < -0.39 is 18.6 Å². The first-order valence-corrected chi connectivity index (χ1v) is 2.20. The van der Waals surface area contributed by atoms with E-state index in [0.717, 1.165) is 0 Å². The SMILES string of the molecule is CC(F)(F)C(F)CN. The average Bonchev–Trinajstić information content (AvgIpc) is 1.62. The van der Waals surface area contributed by atoms with Crippen molar-refractivity contribution in [2.75, 3.05) is 6.54 Å². The third-order valence-corrected chi connectivity index (χ3v) is 0.757. The van der Waals surface area contributed by atoms with Crippen LogP contribution >= 0.6 is 0 Å². The second-order valence-electron chi connectivity index (χ2n) is 1.66. The predicted octanol–water partition coefficient (Wildman–Crippen LogP) is 0.938. The number of rotatable bonds is 2. The summed E-state index contributed by atoms with van der Waals surface area (Å²) < 4.78 is 35.1. The van der Waals surface area contributed by atoms with Gasteiger partial charge in [0.15, 0.2) is 6.17 Å². The summed E-state index contributed by atoms with van der Waals surface area (Å²) in [7, 11) is 0. The molecule has 0 aliphatic heterocycles. The van der Waals surface area contributed by atoms with Gasteiger partial charge in [-0.3, -0.25) is 0 Å². The fourth-order valence-electron chi connectivity index (χ4n) is 0.207. The number of hydrogen-bond donors (Lipinski definition) is 1. The van der Waals surface area contributed by atoms with Crippen LogP contribution in [0.1, 0.15) is 6.92 Å². The molecule has 0 aromatic rings. The molecule has 0 saturated heterocycles. The fourth-order valence-corrected chi connectivity index (χ4v) is 0.207. The van der Waals surface area contributed by atoms with Crippen LogP contribution in [0.25, 0.3) is 0 Å². The van der Waals surface area contributed by atoms with E-state index in [0.29, 0.717) is 6.92 Å². The molecule has 1 atom stereocenters. The van der Waals surface area contributed by atoms with Crippen molar-refractivity contribution in [1.82, 2.24) is 0 Å². The Bertz CT molecular complexity index is 68.2. The van der Waals surface area contributed by atoms with Gasteiger partial charge in [0, 0.05) is 13.5 Å². The van der Waals surface area contributed by atoms with E-state index in [1.807, 2.05) is 0 Å². The zero-order valence-corrected chi connectivity index (χ0v) is 4.50. The standard InChI is InChI=1S/C4H8F3N/c1-4(6,7)3(5)2-8/h3H,2,8H2,1H3. The van der Waals surface area contributed by atoms with Crippen LogP contribution in [0.3, 0.4) is 0 Å². The molecule has 0 aliphatic carbocycles. The minimum atomic E-state index is -3.28. The van der Waals surface area contributed by atoms with Crippen molar-refractivity contribution in [1.29, 1.82) is 0 Å². The van der Waals surface area contributed by atoms with Gasteiger partial charge in [-0.1, -0.05) is 0 Å². The van der Waals surface area contributed by atoms with Gasteiger partial charge in [0.05, 0.1) is 0 Å².